The summed E-state index contributed by atoms with van der Waals surface area (Å²) < 4.78 is 0. The van der Waals surface area contributed by atoms with Crippen molar-refractivity contribution in [3.8, 4) is 0 Å². The summed E-state index contributed by atoms with van der Waals surface area (Å²) in [7, 11) is 0. The predicted octanol–water partition coefficient (Wildman–Crippen LogP) is 1.10. The van der Waals surface area contributed by atoms with Crippen molar-refractivity contribution in [3.63, 3.8) is 0 Å². The summed E-state index contributed by atoms with van der Waals surface area (Å²) in [5, 5.41) is 17.1. The van der Waals surface area contributed by atoms with E-state index in [1.54, 1.807) is 6.07 Å². The first-order chi connectivity index (χ1) is 10.2. The van der Waals surface area contributed by atoms with Crippen LogP contribution < -0.4 is 22.9 Å². The fourth-order valence-electron chi connectivity index (χ4n) is 1.54. The van der Waals surface area contributed by atoms with E-state index in [0.717, 1.165) is 0 Å². The standard InChI is InChI=1S/2C7H8N2O2/c8-4-1-2-6(9)5(3-4)7(10)11;8-4-1-2-5(7(10)11)6(9)3-4/h2*1-3H,8-9H2,(H,10,11). The van der Waals surface area contributed by atoms with Gasteiger partial charge < -0.3 is 33.1 Å². The molecule has 22 heavy (non-hydrogen) atoms. The van der Waals surface area contributed by atoms with Gasteiger partial charge in [0.25, 0.3) is 0 Å². The second-order valence-corrected chi connectivity index (χ2v) is 4.30. The van der Waals surface area contributed by atoms with Crippen molar-refractivity contribution in [2.24, 2.45) is 0 Å². The molecule has 0 aromatic heterocycles. The lowest BCUT2D eigenvalue weighted by Gasteiger charge is -2.00. The molecule has 0 aliphatic heterocycles. The molecule has 0 aliphatic carbocycles. The number of rotatable bonds is 2. The van der Waals surface area contributed by atoms with Crippen LogP contribution in [0.3, 0.4) is 0 Å². The normalized spacial score (nSPS) is 9.45. The van der Waals surface area contributed by atoms with E-state index in [1.165, 1.54) is 30.3 Å². The monoisotopic (exact) mass is 304 g/mol. The van der Waals surface area contributed by atoms with Gasteiger partial charge in [0.05, 0.1) is 11.1 Å². The van der Waals surface area contributed by atoms with Crippen LogP contribution in [0, 0.1) is 0 Å². The summed E-state index contributed by atoms with van der Waals surface area (Å²) in [5.41, 5.74) is 22.8. The third kappa shape index (κ3) is 4.30. The summed E-state index contributed by atoms with van der Waals surface area (Å²) in [6.45, 7) is 0. The van der Waals surface area contributed by atoms with E-state index in [4.69, 9.17) is 33.1 Å². The van der Waals surface area contributed by atoms with Crippen LogP contribution in [0.4, 0.5) is 22.7 Å². The summed E-state index contributed by atoms with van der Waals surface area (Å²) >= 11 is 0. The quantitative estimate of drug-likeness (QED) is 0.446. The fraction of sp³-hybridized carbons (Fsp3) is 0. The van der Waals surface area contributed by atoms with Crippen LogP contribution in [-0.4, -0.2) is 22.2 Å². The van der Waals surface area contributed by atoms with Crippen LogP contribution in [0.5, 0.6) is 0 Å². The van der Waals surface area contributed by atoms with Gasteiger partial charge in [0, 0.05) is 22.7 Å². The van der Waals surface area contributed by atoms with Gasteiger partial charge in [-0.05, 0) is 36.4 Å². The average Bonchev–Trinajstić information content (AvgIpc) is 2.41. The molecule has 0 fully saturated rings. The van der Waals surface area contributed by atoms with Gasteiger partial charge in [0.15, 0.2) is 0 Å². The highest BCUT2D eigenvalue weighted by molar-refractivity contribution is 5.95. The molecule has 0 spiro atoms. The number of carboxylic acids is 2. The molecule has 116 valence electrons. The molecule has 0 aliphatic rings. The number of nitrogen functional groups attached to an aromatic ring is 4. The predicted molar refractivity (Wildman–Crippen MR) is 84.5 cm³/mol. The molecule has 2 aromatic rings. The van der Waals surface area contributed by atoms with Crippen LogP contribution in [0.1, 0.15) is 20.7 Å². The topological polar surface area (TPSA) is 179 Å². The minimum atomic E-state index is -1.06. The Hall–Kier alpha value is -3.42. The summed E-state index contributed by atoms with van der Waals surface area (Å²) in [6, 6.07) is 8.66. The van der Waals surface area contributed by atoms with Gasteiger partial charge in [-0.15, -0.1) is 0 Å². The minimum Gasteiger partial charge on any atom is -0.478 e. The van der Waals surface area contributed by atoms with Crippen molar-refractivity contribution < 1.29 is 19.8 Å². The lowest BCUT2D eigenvalue weighted by Crippen LogP contribution is -2.02. The molecule has 0 atom stereocenters. The van der Waals surface area contributed by atoms with E-state index in [1.807, 2.05) is 0 Å². The van der Waals surface area contributed by atoms with Gasteiger partial charge in [0.1, 0.15) is 0 Å². The Morgan fingerprint density at radius 3 is 1.64 bits per heavy atom. The van der Waals surface area contributed by atoms with Gasteiger partial charge in [-0.25, -0.2) is 9.59 Å². The maximum Gasteiger partial charge on any atom is 0.337 e. The Labute approximate surface area is 125 Å². The number of hydrogen-bond donors (Lipinski definition) is 6. The van der Waals surface area contributed by atoms with E-state index in [0.29, 0.717) is 11.4 Å². The van der Waals surface area contributed by atoms with E-state index in [2.05, 4.69) is 0 Å². The fourth-order valence-corrected chi connectivity index (χ4v) is 1.54. The first-order valence-electron chi connectivity index (χ1n) is 5.99. The van der Waals surface area contributed by atoms with E-state index in [-0.39, 0.29) is 22.5 Å². The Kier molecular flexibility index (Phi) is 5.17. The van der Waals surface area contributed by atoms with Gasteiger partial charge in [-0.3, -0.25) is 0 Å². The van der Waals surface area contributed by atoms with E-state index >= 15 is 0 Å². The second kappa shape index (κ2) is 6.84. The number of aromatic carboxylic acids is 2. The molecule has 0 amide bonds. The second-order valence-electron chi connectivity index (χ2n) is 4.30. The minimum absolute atomic E-state index is 0.0463. The highest BCUT2D eigenvalue weighted by Gasteiger charge is 2.07. The lowest BCUT2D eigenvalue weighted by molar-refractivity contribution is 0.0687. The molecule has 2 rings (SSSR count). The average molecular weight is 304 g/mol. The Balaban J connectivity index is 0.000000220. The number of carboxylic acid groups (broad SMARTS) is 2. The molecular formula is C14H16N4O4. The zero-order chi connectivity index (χ0) is 16.9. The maximum absolute atomic E-state index is 10.4. The number of benzene rings is 2. The third-order valence-electron chi connectivity index (χ3n) is 2.61. The van der Waals surface area contributed by atoms with Crippen LogP contribution >= 0.6 is 0 Å². The Bertz CT molecular complexity index is 716. The first-order valence-corrected chi connectivity index (χ1v) is 5.99. The van der Waals surface area contributed by atoms with Crippen LogP contribution in [-0.2, 0) is 0 Å². The maximum atomic E-state index is 10.4. The largest absolute Gasteiger partial charge is 0.478 e. The number of hydrogen-bond acceptors (Lipinski definition) is 6. The number of anilines is 4. The van der Waals surface area contributed by atoms with Crippen molar-refractivity contribution in [1.82, 2.24) is 0 Å². The van der Waals surface area contributed by atoms with E-state index < -0.39 is 11.9 Å². The lowest BCUT2D eigenvalue weighted by atomic mass is 10.1. The van der Waals surface area contributed by atoms with E-state index in [9.17, 15) is 9.59 Å². The van der Waals surface area contributed by atoms with Crippen molar-refractivity contribution in [2.45, 2.75) is 0 Å². The van der Waals surface area contributed by atoms with Gasteiger partial charge in [-0.2, -0.15) is 0 Å². The molecule has 8 nitrogen and oxygen atoms in total. The molecular weight excluding hydrogens is 288 g/mol. The van der Waals surface area contributed by atoms with Gasteiger partial charge >= 0.3 is 11.9 Å². The highest BCUT2D eigenvalue weighted by Crippen LogP contribution is 2.15. The molecule has 10 N–H and O–H groups in total. The SMILES string of the molecule is Nc1ccc(C(=O)O)c(N)c1.Nc1ccc(N)c(C(=O)O)c1. The zero-order valence-electron chi connectivity index (χ0n) is 11.5. The highest BCUT2D eigenvalue weighted by atomic mass is 16.4. The van der Waals surface area contributed by atoms with Crippen molar-refractivity contribution >= 4 is 34.7 Å². The third-order valence-corrected chi connectivity index (χ3v) is 2.61. The molecule has 0 radical (unpaired) electrons. The molecule has 0 unspecified atom stereocenters. The van der Waals surface area contributed by atoms with Crippen molar-refractivity contribution in [3.05, 3.63) is 47.5 Å². The zero-order valence-corrected chi connectivity index (χ0v) is 11.5. The molecule has 0 heterocycles. The molecule has 0 bridgehead atoms. The Morgan fingerprint density at radius 1 is 0.682 bits per heavy atom. The summed E-state index contributed by atoms with van der Waals surface area (Å²) in [4.78, 5) is 20.9. The van der Waals surface area contributed by atoms with Crippen molar-refractivity contribution in [1.29, 1.82) is 0 Å². The van der Waals surface area contributed by atoms with Crippen LogP contribution in [0.25, 0.3) is 0 Å². The van der Waals surface area contributed by atoms with Gasteiger partial charge in [0.2, 0.25) is 0 Å². The smallest absolute Gasteiger partial charge is 0.337 e. The van der Waals surface area contributed by atoms with Gasteiger partial charge in [-0.1, -0.05) is 0 Å². The molecule has 8 heteroatoms. The molecule has 0 saturated heterocycles. The number of nitrogens with two attached hydrogens (primary N) is 4. The first kappa shape index (κ1) is 16.6. The van der Waals surface area contributed by atoms with Crippen molar-refractivity contribution in [2.75, 3.05) is 22.9 Å². The molecule has 2 aromatic carbocycles. The Morgan fingerprint density at radius 2 is 1.18 bits per heavy atom. The van der Waals surface area contributed by atoms with Crippen LogP contribution in [0.15, 0.2) is 36.4 Å². The van der Waals surface area contributed by atoms with Crippen LogP contribution in [0.2, 0.25) is 0 Å². The summed E-state index contributed by atoms with van der Waals surface area (Å²) in [5.74, 6) is -2.10. The number of carbonyl (C=O) groups is 2. The summed E-state index contributed by atoms with van der Waals surface area (Å²) in [6.07, 6.45) is 0. The molecule has 0 saturated carbocycles.